The van der Waals surface area contributed by atoms with Gasteiger partial charge >= 0.3 is 0 Å². The molecule has 0 aromatic carbocycles. The smallest absolute Gasteiger partial charge is 0.00420 e. The molecule has 0 amide bonds. The monoisotopic (exact) mass is 128 g/mol. The maximum Gasteiger partial charge on any atom is 0.00420 e. The fraction of sp³-hybridized carbons (Fsp3) is 0. The van der Waals surface area contributed by atoms with Gasteiger partial charge in [-0.05, 0) is 36.4 Å². The Morgan fingerprint density at radius 2 is 2.50 bits per heavy atom. The molecule has 26 valence electrons. The first-order valence-corrected chi connectivity index (χ1v) is 14.0. The highest BCUT2D eigenvalue weighted by atomic mass is 29.7. The Morgan fingerprint density at radius 3 is 2.50 bits per heavy atom. The summed E-state index contributed by atoms with van der Waals surface area (Å²) in [5.41, 5.74) is 0. The Balaban J connectivity index is 3.15. The molecular weight excluding hydrogens is 112 g/mol. The molecule has 4 heteroatoms. The molecule has 0 aliphatic heterocycles. The zero-order valence-electron chi connectivity index (χ0n) is 5.91. The van der Waals surface area contributed by atoms with Crippen molar-refractivity contribution in [1.29, 1.82) is 3.70 Å². The van der Waals surface area contributed by atoms with Gasteiger partial charge in [0.05, 0.1) is 0 Å². The van der Waals surface area contributed by atoms with Crippen LogP contribution in [0.2, 0.25) is 0 Å². The third-order valence-corrected chi connectivity index (χ3v) is 20.2. The Labute approximate surface area is 40.9 Å². The molecule has 0 saturated heterocycles. The zero-order valence-corrected chi connectivity index (χ0v) is 8.74. The van der Waals surface area contributed by atoms with Gasteiger partial charge < -0.3 is 0 Å². The minimum Gasteiger partial charge on any atom is -0.0120 e. The quantitative estimate of drug-likeness (QED) is 0.331. The molecule has 0 atom stereocenters. The van der Waals surface area contributed by atoms with Gasteiger partial charge in [0.1, 0.15) is 0 Å². The molecule has 4 heavy (non-hydrogen) atoms. The van der Waals surface area contributed by atoms with Crippen LogP contribution in [0.4, 0.5) is 0 Å². The predicted octanol–water partition coefficient (Wildman–Crippen LogP) is -4.20. The van der Waals surface area contributed by atoms with Crippen LogP contribution < -0.4 is 0 Å². The van der Waals surface area contributed by atoms with Gasteiger partial charge in [0, 0.05) is 3.70 Å². The summed E-state index contributed by atoms with van der Waals surface area (Å²) in [6.45, 7) is 0. The predicted molar refractivity (Wildman–Crippen MR) is 37.0 cm³/mol. The normalized spacial score (nSPS) is 28.5. The SMILES string of the molecule is [3H][Si]([3H])([3H])[SiH2][SiH2][SiH3]. The molecule has 0 saturated carbocycles. The highest BCUT2D eigenvalue weighted by Crippen LogP contribution is 1.24. The van der Waals surface area contributed by atoms with Crippen molar-refractivity contribution < 1.29 is 0 Å². The van der Waals surface area contributed by atoms with Gasteiger partial charge in [-0.15, -0.1) is 0 Å². The maximum absolute atomic E-state index is 6.92. The molecule has 0 aliphatic rings. The molecule has 0 N–H and O–H groups in total. The first-order chi connectivity index (χ1) is 3.06. The van der Waals surface area contributed by atoms with E-state index in [0.29, 0.717) is 0 Å². The van der Waals surface area contributed by atoms with Gasteiger partial charge in [0.15, 0.2) is 0 Å². The number of rotatable bonds is 2. The van der Waals surface area contributed by atoms with Crippen molar-refractivity contribution in [2.45, 2.75) is 0 Å². The van der Waals surface area contributed by atoms with Crippen molar-refractivity contribution in [3.8, 4) is 0 Å². The summed E-state index contributed by atoms with van der Waals surface area (Å²) < 4.78 is 20.8. The van der Waals surface area contributed by atoms with Crippen molar-refractivity contribution in [3.63, 3.8) is 0 Å². The first kappa shape index (κ1) is 1.54. The van der Waals surface area contributed by atoms with E-state index in [2.05, 4.69) is 0 Å². The summed E-state index contributed by atoms with van der Waals surface area (Å²) >= 11 is 0. The Bertz CT molecular complexity index is 45.4. The lowest BCUT2D eigenvalue weighted by Crippen LogP contribution is -2.00. The van der Waals surface area contributed by atoms with Crippen LogP contribution in [0, 0.1) is 0 Å². The van der Waals surface area contributed by atoms with E-state index < -0.39 is 18.1 Å². The van der Waals surface area contributed by atoms with Crippen molar-refractivity contribution >= 4 is 36.4 Å². The van der Waals surface area contributed by atoms with E-state index in [4.69, 9.17) is 3.70 Å². The highest BCUT2D eigenvalue weighted by molar-refractivity contribution is 7.37. The molecule has 0 nitrogen and oxygen atoms in total. The number of hydrogen-bond acceptors (Lipinski definition) is 0. The van der Waals surface area contributed by atoms with E-state index in [1.165, 1.54) is 9.76 Å². The van der Waals surface area contributed by atoms with Crippen LogP contribution in [0.15, 0.2) is 0 Å². The Morgan fingerprint density at radius 1 is 1.75 bits per heavy atom. The van der Waals surface area contributed by atoms with Crippen molar-refractivity contribution in [2.75, 3.05) is 0 Å². The molecule has 0 fully saturated rings. The lowest BCUT2D eigenvalue weighted by molar-refractivity contribution is 4.14. The topological polar surface area (TPSA) is 0 Å². The molecule has 0 aromatic heterocycles. The first-order valence-electron chi connectivity index (χ1n) is 3.06. The molecule has 0 heterocycles. The second-order valence-electron chi connectivity index (χ2n) is 0.750. The van der Waals surface area contributed by atoms with Crippen LogP contribution in [0.5, 0.6) is 0 Å². The minimum absolute atomic E-state index is 0.0868. The molecule has 0 aliphatic carbocycles. The highest BCUT2D eigenvalue weighted by Gasteiger charge is 1.61. The van der Waals surface area contributed by atoms with Gasteiger partial charge in [-0.25, -0.2) is 0 Å². The van der Waals surface area contributed by atoms with Crippen LogP contribution in [0.3, 0.4) is 0 Å². The van der Waals surface area contributed by atoms with E-state index >= 15 is 0 Å². The number of hydrogen-bond donors (Lipinski definition) is 0. The van der Waals surface area contributed by atoms with E-state index in [-0.39, 0.29) is 8.55 Å². The maximum atomic E-state index is 6.92. The summed E-state index contributed by atoms with van der Waals surface area (Å²) in [6, 6.07) is 0. The summed E-state index contributed by atoms with van der Waals surface area (Å²) in [5.74, 6) is 0. The summed E-state index contributed by atoms with van der Waals surface area (Å²) in [7, 11) is -1.74. The van der Waals surface area contributed by atoms with Gasteiger partial charge in [-0.2, -0.15) is 0 Å². The van der Waals surface area contributed by atoms with E-state index in [1.807, 2.05) is 0 Å². The molecule has 0 radical (unpaired) electrons. The van der Waals surface area contributed by atoms with Crippen LogP contribution in [0.1, 0.15) is 0 Å². The minimum atomic E-state index is -2.67. The van der Waals surface area contributed by atoms with Crippen LogP contribution in [0.25, 0.3) is 0 Å². The van der Waals surface area contributed by atoms with Crippen molar-refractivity contribution in [2.24, 2.45) is 0 Å². The summed E-state index contributed by atoms with van der Waals surface area (Å²) in [5, 5.41) is 0. The standard InChI is InChI=1S/H10Si4/c1-3-4-2/h3-4H2,1-2H3/i1T3. The van der Waals surface area contributed by atoms with Crippen LogP contribution >= 0.6 is 0 Å². The van der Waals surface area contributed by atoms with Gasteiger partial charge in [0.25, 0.3) is 0 Å². The molecule has 0 unspecified atom stereocenters. The fourth-order valence-corrected chi connectivity index (χ4v) is 0. The van der Waals surface area contributed by atoms with Crippen molar-refractivity contribution in [3.05, 3.63) is 0 Å². The Hall–Kier alpha value is 0.868. The fourth-order valence-electron chi connectivity index (χ4n) is 0. The van der Waals surface area contributed by atoms with Gasteiger partial charge in [0.2, 0.25) is 0 Å². The van der Waals surface area contributed by atoms with Gasteiger partial charge in [-0.1, -0.05) is 0 Å². The second kappa shape index (κ2) is 3.87. The summed E-state index contributed by atoms with van der Waals surface area (Å²) in [6.07, 6.45) is 0. The molecule has 0 aromatic rings. The lowest BCUT2D eigenvalue weighted by Gasteiger charge is -1.63. The summed E-state index contributed by atoms with van der Waals surface area (Å²) in [4.78, 5) is 0. The Kier molecular flexibility index (Phi) is 1.49. The molecule has 0 bridgehead atoms. The molecule has 0 spiro atoms. The van der Waals surface area contributed by atoms with Crippen LogP contribution in [-0.2, 0) is 0 Å². The van der Waals surface area contributed by atoms with Gasteiger partial charge in [-0.3, -0.25) is 0 Å². The lowest BCUT2D eigenvalue weighted by atomic mass is 26.5. The van der Waals surface area contributed by atoms with Crippen molar-refractivity contribution in [1.82, 2.24) is 0 Å². The van der Waals surface area contributed by atoms with E-state index in [9.17, 15) is 0 Å². The zero-order chi connectivity index (χ0) is 5.91. The second-order valence-corrected chi connectivity index (χ2v) is 20.2. The third-order valence-electron chi connectivity index (χ3n) is 0.250. The van der Waals surface area contributed by atoms with Crippen LogP contribution in [-0.4, -0.2) is 40.1 Å². The average molecular weight is 128 g/mol. The van der Waals surface area contributed by atoms with E-state index in [0.717, 1.165) is 0 Å². The van der Waals surface area contributed by atoms with E-state index in [1.54, 1.807) is 0 Å². The molecule has 0 rings (SSSR count). The third kappa shape index (κ3) is 2.87. The molecular formula is H10Si4. The largest absolute Gasteiger partial charge is 0.0120 e. The average Bonchev–Trinajstić information content (AvgIpc) is 1.30.